The van der Waals surface area contributed by atoms with Gasteiger partial charge in [0.1, 0.15) is 10.8 Å². The topological polar surface area (TPSA) is 126 Å². The third-order valence-electron chi connectivity index (χ3n) is 6.57. The van der Waals surface area contributed by atoms with Gasteiger partial charge < -0.3 is 15.4 Å². The highest BCUT2D eigenvalue weighted by Crippen LogP contribution is 2.39. The predicted octanol–water partition coefficient (Wildman–Crippen LogP) is 5.01. The van der Waals surface area contributed by atoms with Gasteiger partial charge in [-0.05, 0) is 85.3 Å². The maximum absolute atomic E-state index is 13.4. The molecular weight excluding hydrogens is 548 g/mol. The maximum Gasteiger partial charge on any atom is 0.258 e. The Morgan fingerprint density at radius 3 is 2.52 bits per heavy atom. The van der Waals surface area contributed by atoms with Gasteiger partial charge in [-0.15, -0.1) is 11.3 Å². The van der Waals surface area contributed by atoms with Crippen LogP contribution in [0.15, 0.2) is 78.0 Å². The summed E-state index contributed by atoms with van der Waals surface area (Å²) in [4.78, 5) is 31.8. The fourth-order valence-electron chi connectivity index (χ4n) is 4.51. The Labute approximate surface area is 236 Å². The molecule has 2 aromatic heterocycles. The number of amides is 2. The lowest BCUT2D eigenvalue weighted by Gasteiger charge is -2.14. The number of fused-ring (bicyclic) bond motifs is 1. The van der Waals surface area contributed by atoms with Gasteiger partial charge in [0.05, 0.1) is 17.6 Å². The van der Waals surface area contributed by atoms with Crippen molar-refractivity contribution < 1.29 is 22.7 Å². The van der Waals surface area contributed by atoms with Crippen LogP contribution in [0.5, 0.6) is 5.75 Å². The molecule has 1 aliphatic carbocycles. The molecule has 0 saturated heterocycles. The molecule has 2 aromatic carbocycles. The number of aryl methyl sites for hydroxylation is 1. The average molecular weight is 577 g/mol. The predicted molar refractivity (Wildman–Crippen MR) is 155 cm³/mol. The first-order chi connectivity index (χ1) is 19.3. The van der Waals surface area contributed by atoms with Crippen LogP contribution in [0.2, 0.25) is 0 Å². The minimum atomic E-state index is -3.88. The molecule has 11 heteroatoms. The number of hydrogen-bond donors (Lipinski definition) is 3. The molecule has 0 spiro atoms. The zero-order valence-electron chi connectivity index (χ0n) is 21.8. The largest absolute Gasteiger partial charge is 0.497 e. The number of thiophene rings is 1. The number of pyridine rings is 1. The molecule has 0 radical (unpaired) electrons. The van der Waals surface area contributed by atoms with Gasteiger partial charge in [0.25, 0.3) is 11.8 Å². The van der Waals surface area contributed by atoms with Crippen LogP contribution in [-0.4, -0.2) is 32.3 Å². The molecule has 0 fully saturated rings. The summed E-state index contributed by atoms with van der Waals surface area (Å²) in [6.45, 7) is 0.0695. The molecule has 0 unspecified atom stereocenters. The first kappa shape index (κ1) is 27.5. The van der Waals surface area contributed by atoms with E-state index >= 15 is 0 Å². The van der Waals surface area contributed by atoms with Crippen LogP contribution in [0.4, 0.5) is 10.7 Å². The van der Waals surface area contributed by atoms with Crippen molar-refractivity contribution in [2.75, 3.05) is 17.7 Å². The van der Waals surface area contributed by atoms with Gasteiger partial charge in [-0.2, -0.15) is 0 Å². The highest BCUT2D eigenvalue weighted by atomic mass is 32.2. The Morgan fingerprint density at radius 2 is 1.77 bits per heavy atom. The molecule has 206 valence electrons. The molecule has 0 bridgehead atoms. The van der Waals surface area contributed by atoms with Crippen molar-refractivity contribution in [1.82, 2.24) is 9.71 Å². The van der Waals surface area contributed by atoms with Crippen molar-refractivity contribution >= 4 is 43.9 Å². The number of methoxy groups -OCH3 is 1. The maximum atomic E-state index is 13.4. The van der Waals surface area contributed by atoms with Crippen LogP contribution in [0.1, 0.15) is 49.6 Å². The summed E-state index contributed by atoms with van der Waals surface area (Å²) in [6, 6.07) is 16.3. The molecule has 1 aliphatic rings. The van der Waals surface area contributed by atoms with Crippen molar-refractivity contribution in [3.63, 3.8) is 0 Å². The second kappa shape index (κ2) is 12.0. The summed E-state index contributed by atoms with van der Waals surface area (Å²) in [5.74, 6) is -0.132. The Hall–Kier alpha value is -4.06. The highest BCUT2D eigenvalue weighted by molar-refractivity contribution is 7.89. The molecule has 2 amide bonds. The molecule has 0 aliphatic heterocycles. The fraction of sp³-hybridized carbons (Fsp3) is 0.207. The van der Waals surface area contributed by atoms with Crippen LogP contribution in [0.25, 0.3) is 0 Å². The molecule has 9 nitrogen and oxygen atoms in total. The third-order valence-corrected chi connectivity index (χ3v) is 9.18. The first-order valence-electron chi connectivity index (χ1n) is 12.7. The molecule has 3 N–H and O–H groups in total. The molecule has 0 saturated carbocycles. The van der Waals surface area contributed by atoms with E-state index in [0.29, 0.717) is 27.6 Å². The number of aromatic nitrogens is 1. The Bertz CT molecular complexity index is 1630. The summed E-state index contributed by atoms with van der Waals surface area (Å²) < 4.78 is 33.5. The summed E-state index contributed by atoms with van der Waals surface area (Å²) >= 11 is 1.40. The Morgan fingerprint density at radius 1 is 0.975 bits per heavy atom. The lowest BCUT2D eigenvalue weighted by atomic mass is 9.95. The van der Waals surface area contributed by atoms with E-state index in [1.165, 1.54) is 29.5 Å². The summed E-state index contributed by atoms with van der Waals surface area (Å²) in [6.07, 6.45) is 6.77. The summed E-state index contributed by atoms with van der Waals surface area (Å²) in [5, 5.41) is 6.26. The minimum Gasteiger partial charge on any atom is -0.497 e. The van der Waals surface area contributed by atoms with Crippen LogP contribution in [-0.2, 0) is 29.4 Å². The van der Waals surface area contributed by atoms with E-state index in [0.717, 1.165) is 36.1 Å². The highest BCUT2D eigenvalue weighted by Gasteiger charge is 2.27. The molecule has 2 heterocycles. The molecule has 5 rings (SSSR count). The first-order valence-corrected chi connectivity index (χ1v) is 15.0. The van der Waals surface area contributed by atoms with Crippen LogP contribution >= 0.6 is 11.3 Å². The zero-order valence-corrected chi connectivity index (χ0v) is 23.4. The van der Waals surface area contributed by atoms with E-state index in [4.69, 9.17) is 4.74 Å². The molecular formula is C29H28N4O5S2. The SMILES string of the molecule is COc1ccc(NC(=O)c2c(NC(=O)c3cccc(S(=O)(=O)NCc4cccnc4)c3)sc3c2CCCC3)cc1. The minimum absolute atomic E-state index is 0.0352. The number of carbonyl (C=O) groups excluding carboxylic acids is 2. The molecule has 4 aromatic rings. The fourth-order valence-corrected chi connectivity index (χ4v) is 6.85. The van der Waals surface area contributed by atoms with Gasteiger partial charge in [0, 0.05) is 35.1 Å². The van der Waals surface area contributed by atoms with E-state index in [-0.39, 0.29) is 22.9 Å². The monoisotopic (exact) mass is 576 g/mol. The van der Waals surface area contributed by atoms with E-state index in [1.54, 1.807) is 62.0 Å². The number of nitrogens with zero attached hydrogens (tertiary/aromatic N) is 1. The van der Waals surface area contributed by atoms with Gasteiger partial charge in [0.2, 0.25) is 10.0 Å². The van der Waals surface area contributed by atoms with Crippen LogP contribution in [0, 0.1) is 0 Å². The van der Waals surface area contributed by atoms with Gasteiger partial charge in [-0.3, -0.25) is 14.6 Å². The van der Waals surface area contributed by atoms with E-state index in [2.05, 4.69) is 20.3 Å². The van der Waals surface area contributed by atoms with E-state index in [1.807, 2.05) is 0 Å². The van der Waals surface area contributed by atoms with Gasteiger partial charge in [-0.1, -0.05) is 12.1 Å². The van der Waals surface area contributed by atoms with Crippen molar-refractivity contribution in [2.45, 2.75) is 37.1 Å². The number of sulfonamides is 1. The number of nitrogens with one attached hydrogen (secondary N) is 3. The smallest absolute Gasteiger partial charge is 0.258 e. The average Bonchev–Trinajstić information content (AvgIpc) is 3.35. The van der Waals surface area contributed by atoms with Gasteiger partial charge in [-0.25, -0.2) is 13.1 Å². The van der Waals surface area contributed by atoms with Crippen LogP contribution in [0.3, 0.4) is 0 Å². The zero-order chi connectivity index (χ0) is 28.1. The normalized spacial score (nSPS) is 12.8. The standard InChI is InChI=1S/C29H28N4O5S2/c1-38-22-13-11-21(12-14-22)32-28(35)26-24-9-2-3-10-25(24)39-29(26)33-27(34)20-7-4-8-23(16-20)40(36,37)31-18-19-6-5-15-30-17-19/h4-8,11-17,31H,2-3,9-10,18H2,1H3,(H,32,35)(H,33,34). The Balaban J connectivity index is 1.36. The van der Waals surface area contributed by atoms with Gasteiger partial charge in [0.15, 0.2) is 0 Å². The second-order valence-electron chi connectivity index (χ2n) is 9.27. The van der Waals surface area contributed by atoms with Crippen molar-refractivity contribution in [3.05, 3.63) is 100 Å². The van der Waals surface area contributed by atoms with Gasteiger partial charge >= 0.3 is 0 Å². The molecule has 40 heavy (non-hydrogen) atoms. The second-order valence-corrected chi connectivity index (χ2v) is 12.1. The number of hydrogen-bond acceptors (Lipinski definition) is 7. The van der Waals surface area contributed by atoms with Crippen molar-refractivity contribution in [1.29, 1.82) is 0 Å². The lowest BCUT2D eigenvalue weighted by molar-refractivity contribution is 0.102. The third kappa shape index (κ3) is 6.22. The number of rotatable bonds is 9. The number of benzene rings is 2. The summed E-state index contributed by atoms with van der Waals surface area (Å²) in [5.41, 5.74) is 2.88. The molecule has 0 atom stereocenters. The van der Waals surface area contributed by atoms with E-state index in [9.17, 15) is 18.0 Å². The Kier molecular flexibility index (Phi) is 8.24. The lowest BCUT2D eigenvalue weighted by Crippen LogP contribution is -2.24. The number of ether oxygens (including phenoxy) is 1. The van der Waals surface area contributed by atoms with E-state index < -0.39 is 15.9 Å². The van der Waals surface area contributed by atoms with Crippen molar-refractivity contribution in [2.24, 2.45) is 0 Å². The quantitative estimate of drug-likeness (QED) is 0.257. The number of carbonyl (C=O) groups is 2. The van der Waals surface area contributed by atoms with Crippen molar-refractivity contribution in [3.8, 4) is 5.75 Å². The van der Waals surface area contributed by atoms with Crippen LogP contribution < -0.4 is 20.1 Å². The summed E-state index contributed by atoms with van der Waals surface area (Å²) in [7, 11) is -2.31. The number of anilines is 2.